The molecule has 2 atom stereocenters. The van der Waals surface area contributed by atoms with E-state index in [0.29, 0.717) is 5.92 Å². The van der Waals surface area contributed by atoms with E-state index in [4.69, 9.17) is 4.74 Å². The second-order valence-electron chi connectivity index (χ2n) is 5.14. The van der Waals surface area contributed by atoms with Crippen LogP contribution in [-0.2, 0) is 4.74 Å². The second kappa shape index (κ2) is 6.21. The molecule has 0 amide bonds. The Morgan fingerprint density at radius 1 is 1.44 bits per heavy atom. The maximum absolute atomic E-state index is 9.85. The summed E-state index contributed by atoms with van der Waals surface area (Å²) >= 11 is 0. The van der Waals surface area contributed by atoms with Crippen molar-refractivity contribution in [2.24, 2.45) is 5.92 Å². The standard InChI is InChI=1S/C15H23NO2/c1-12(17)14-7-3-4-8-15(14)16-9-5-6-13(10-16)11-18-2/h3-4,7-8,12-13,17H,5-6,9-11H2,1-2H3/t12-,13?/m1/s1. The van der Waals surface area contributed by atoms with Crippen LogP contribution in [0, 0.1) is 5.92 Å². The Morgan fingerprint density at radius 3 is 2.94 bits per heavy atom. The molecule has 1 saturated heterocycles. The third-order valence-electron chi connectivity index (χ3n) is 3.65. The van der Waals surface area contributed by atoms with Crippen molar-refractivity contribution in [1.82, 2.24) is 0 Å². The van der Waals surface area contributed by atoms with Gasteiger partial charge in [-0.05, 0) is 31.7 Å². The van der Waals surface area contributed by atoms with Gasteiger partial charge in [0.1, 0.15) is 0 Å². The Labute approximate surface area is 109 Å². The minimum Gasteiger partial charge on any atom is -0.389 e. The lowest BCUT2D eigenvalue weighted by molar-refractivity contribution is 0.143. The molecule has 1 aliphatic rings. The molecule has 1 fully saturated rings. The second-order valence-corrected chi connectivity index (χ2v) is 5.14. The largest absolute Gasteiger partial charge is 0.389 e. The summed E-state index contributed by atoms with van der Waals surface area (Å²) in [5.74, 6) is 0.603. The molecule has 18 heavy (non-hydrogen) atoms. The monoisotopic (exact) mass is 249 g/mol. The number of anilines is 1. The van der Waals surface area contributed by atoms with Gasteiger partial charge in [0, 0.05) is 31.5 Å². The topological polar surface area (TPSA) is 32.7 Å². The van der Waals surface area contributed by atoms with Gasteiger partial charge in [0.2, 0.25) is 0 Å². The van der Waals surface area contributed by atoms with Crippen molar-refractivity contribution in [3.8, 4) is 0 Å². The zero-order chi connectivity index (χ0) is 13.0. The number of methoxy groups -OCH3 is 1. The first-order valence-electron chi connectivity index (χ1n) is 6.73. The number of aliphatic hydroxyl groups is 1. The molecule has 1 aromatic carbocycles. The molecule has 1 heterocycles. The summed E-state index contributed by atoms with van der Waals surface area (Å²) in [6.45, 7) is 4.75. The molecule has 3 heteroatoms. The Balaban J connectivity index is 2.15. The summed E-state index contributed by atoms with van der Waals surface area (Å²) in [6.07, 6.45) is 2.02. The summed E-state index contributed by atoms with van der Waals surface area (Å²) in [5.41, 5.74) is 2.20. The van der Waals surface area contributed by atoms with Crippen molar-refractivity contribution in [2.75, 3.05) is 31.7 Å². The van der Waals surface area contributed by atoms with Gasteiger partial charge in [-0.2, -0.15) is 0 Å². The van der Waals surface area contributed by atoms with Crippen LogP contribution in [0.25, 0.3) is 0 Å². The Hall–Kier alpha value is -1.06. The third-order valence-corrected chi connectivity index (χ3v) is 3.65. The number of nitrogens with zero attached hydrogens (tertiary/aromatic N) is 1. The van der Waals surface area contributed by atoms with E-state index in [1.165, 1.54) is 18.5 Å². The van der Waals surface area contributed by atoms with Crippen LogP contribution in [0.4, 0.5) is 5.69 Å². The van der Waals surface area contributed by atoms with Crippen molar-refractivity contribution < 1.29 is 9.84 Å². The number of para-hydroxylation sites is 1. The Morgan fingerprint density at radius 2 is 2.22 bits per heavy atom. The van der Waals surface area contributed by atoms with Gasteiger partial charge in [-0.25, -0.2) is 0 Å². The Kier molecular flexibility index (Phi) is 4.61. The van der Waals surface area contributed by atoms with Gasteiger partial charge in [-0.15, -0.1) is 0 Å². The van der Waals surface area contributed by atoms with Gasteiger partial charge in [-0.1, -0.05) is 18.2 Å². The van der Waals surface area contributed by atoms with Gasteiger partial charge >= 0.3 is 0 Å². The number of rotatable bonds is 4. The Bertz CT molecular complexity index is 377. The average Bonchev–Trinajstić information content (AvgIpc) is 2.39. The molecule has 0 aromatic heterocycles. The fourth-order valence-electron chi connectivity index (χ4n) is 2.78. The van der Waals surface area contributed by atoms with E-state index in [2.05, 4.69) is 11.0 Å². The van der Waals surface area contributed by atoms with Crippen LogP contribution in [0.3, 0.4) is 0 Å². The number of hydrogen-bond acceptors (Lipinski definition) is 3. The minimum absolute atomic E-state index is 0.413. The molecule has 100 valence electrons. The maximum Gasteiger partial charge on any atom is 0.0781 e. The van der Waals surface area contributed by atoms with Crippen molar-refractivity contribution in [1.29, 1.82) is 0 Å². The molecule has 1 N–H and O–H groups in total. The summed E-state index contributed by atoms with van der Waals surface area (Å²) in [4.78, 5) is 2.38. The third kappa shape index (κ3) is 3.03. The van der Waals surface area contributed by atoms with Crippen LogP contribution in [0.1, 0.15) is 31.4 Å². The highest BCUT2D eigenvalue weighted by Crippen LogP contribution is 2.29. The van der Waals surface area contributed by atoms with Gasteiger partial charge in [0.05, 0.1) is 12.7 Å². The molecular formula is C15H23NO2. The normalized spacial score (nSPS) is 21.9. The van der Waals surface area contributed by atoms with Crippen molar-refractivity contribution in [2.45, 2.75) is 25.9 Å². The van der Waals surface area contributed by atoms with E-state index in [1.54, 1.807) is 7.11 Å². The highest BCUT2D eigenvalue weighted by Gasteiger charge is 2.22. The van der Waals surface area contributed by atoms with E-state index in [0.717, 1.165) is 25.3 Å². The first-order valence-corrected chi connectivity index (χ1v) is 6.73. The van der Waals surface area contributed by atoms with Gasteiger partial charge in [0.25, 0.3) is 0 Å². The quantitative estimate of drug-likeness (QED) is 0.890. The predicted molar refractivity (Wildman–Crippen MR) is 73.9 cm³/mol. The molecule has 3 nitrogen and oxygen atoms in total. The first kappa shape index (κ1) is 13.4. The van der Waals surface area contributed by atoms with Crippen LogP contribution >= 0.6 is 0 Å². The van der Waals surface area contributed by atoms with E-state index in [1.807, 2.05) is 25.1 Å². The van der Waals surface area contributed by atoms with E-state index >= 15 is 0 Å². The van der Waals surface area contributed by atoms with Gasteiger partial charge in [0.15, 0.2) is 0 Å². The van der Waals surface area contributed by atoms with Crippen LogP contribution in [0.5, 0.6) is 0 Å². The lowest BCUT2D eigenvalue weighted by atomic mass is 9.97. The molecule has 1 aromatic rings. The zero-order valence-corrected chi connectivity index (χ0v) is 11.3. The van der Waals surface area contributed by atoms with Crippen molar-refractivity contribution in [3.63, 3.8) is 0 Å². The van der Waals surface area contributed by atoms with Crippen molar-refractivity contribution >= 4 is 5.69 Å². The lowest BCUT2D eigenvalue weighted by Gasteiger charge is -2.35. The molecule has 0 spiro atoms. The summed E-state index contributed by atoms with van der Waals surface area (Å²) in [7, 11) is 1.77. The number of piperidine rings is 1. The molecule has 0 radical (unpaired) electrons. The number of benzene rings is 1. The van der Waals surface area contributed by atoms with Crippen LogP contribution in [-0.4, -0.2) is 31.9 Å². The van der Waals surface area contributed by atoms with Crippen LogP contribution in [0.15, 0.2) is 24.3 Å². The summed E-state index contributed by atoms with van der Waals surface area (Å²) < 4.78 is 5.27. The average molecular weight is 249 g/mol. The zero-order valence-electron chi connectivity index (χ0n) is 11.3. The van der Waals surface area contributed by atoms with Gasteiger partial charge < -0.3 is 14.7 Å². The van der Waals surface area contributed by atoms with Crippen molar-refractivity contribution in [3.05, 3.63) is 29.8 Å². The molecule has 2 rings (SSSR count). The van der Waals surface area contributed by atoms with E-state index in [9.17, 15) is 5.11 Å². The fourth-order valence-corrected chi connectivity index (χ4v) is 2.78. The maximum atomic E-state index is 9.85. The van der Waals surface area contributed by atoms with Crippen LogP contribution in [0.2, 0.25) is 0 Å². The first-order chi connectivity index (χ1) is 8.72. The summed E-state index contributed by atoms with van der Waals surface area (Å²) in [6, 6.07) is 8.15. The number of ether oxygens (including phenoxy) is 1. The number of aliphatic hydroxyl groups excluding tert-OH is 1. The minimum atomic E-state index is -0.413. The highest BCUT2D eigenvalue weighted by atomic mass is 16.5. The van der Waals surface area contributed by atoms with Gasteiger partial charge in [-0.3, -0.25) is 0 Å². The molecular weight excluding hydrogens is 226 g/mol. The SMILES string of the molecule is COCC1CCCN(c2ccccc2[C@@H](C)O)C1. The molecule has 1 aliphatic heterocycles. The van der Waals surface area contributed by atoms with Crippen LogP contribution < -0.4 is 4.90 Å². The molecule has 0 aliphatic carbocycles. The van der Waals surface area contributed by atoms with E-state index < -0.39 is 6.10 Å². The predicted octanol–water partition coefficient (Wildman–Crippen LogP) is 2.60. The highest BCUT2D eigenvalue weighted by molar-refractivity contribution is 5.54. The fraction of sp³-hybridized carbons (Fsp3) is 0.600. The molecule has 1 unspecified atom stereocenters. The lowest BCUT2D eigenvalue weighted by Crippen LogP contribution is -2.37. The molecule has 0 bridgehead atoms. The summed E-state index contributed by atoms with van der Waals surface area (Å²) in [5, 5.41) is 9.85. The smallest absolute Gasteiger partial charge is 0.0781 e. The number of hydrogen-bond donors (Lipinski definition) is 1. The molecule has 0 saturated carbocycles. The van der Waals surface area contributed by atoms with E-state index in [-0.39, 0.29) is 0 Å².